The van der Waals surface area contributed by atoms with E-state index < -0.39 is 56.5 Å². The zero-order chi connectivity index (χ0) is 30.2. The number of methoxy groups -OCH3 is 1. The van der Waals surface area contributed by atoms with Crippen LogP contribution in [-0.2, 0) is 29.7 Å². The summed E-state index contributed by atoms with van der Waals surface area (Å²) in [5, 5.41) is 33.6. The van der Waals surface area contributed by atoms with E-state index in [1.807, 2.05) is 6.07 Å². The lowest BCUT2D eigenvalue weighted by molar-refractivity contribution is -0.129. The van der Waals surface area contributed by atoms with Gasteiger partial charge in [-0.1, -0.05) is 42.1 Å². The average Bonchev–Trinajstić information content (AvgIpc) is 3.38. The molecule has 0 fully saturated rings. The molecule has 1 aromatic carbocycles. The molecule has 4 unspecified atom stereocenters. The van der Waals surface area contributed by atoms with Crippen LogP contribution in [0.25, 0.3) is 0 Å². The number of hydrogen-bond acceptors (Lipinski definition) is 14. The van der Waals surface area contributed by atoms with Gasteiger partial charge in [0.25, 0.3) is 0 Å². The van der Waals surface area contributed by atoms with Crippen LogP contribution >= 0.6 is 19.5 Å². The molecular weight excluding hydrogens is 582 g/mol. The van der Waals surface area contributed by atoms with E-state index in [0.29, 0.717) is 0 Å². The number of nitrogens with zero attached hydrogens (tertiary/aromatic N) is 4. The maximum absolute atomic E-state index is 13.8. The summed E-state index contributed by atoms with van der Waals surface area (Å²) in [6, 6.07) is 8.22. The SMILES string of the molecule is CO[C@H](COP(=O)(NCc1ccccc1)OCCSC(=O)C(C)(C)CO)C(O)[C@H](O)N1C=NC2C(N)=NC(F)=NC21. The predicted octanol–water partition coefficient (Wildman–Crippen LogP) is 0.625. The number of aliphatic imine (C=N–C) groups is 3. The fourth-order valence-electron chi connectivity index (χ4n) is 3.67. The third-order valence-corrected chi connectivity index (χ3v) is 9.00. The number of ether oxygens (including phenoxy) is 1. The van der Waals surface area contributed by atoms with Crippen LogP contribution in [-0.4, -0.2) is 107 Å². The van der Waals surface area contributed by atoms with Crippen LogP contribution in [0.3, 0.4) is 0 Å². The van der Waals surface area contributed by atoms with Crippen LogP contribution in [0.4, 0.5) is 4.39 Å². The zero-order valence-electron chi connectivity index (χ0n) is 22.9. The van der Waals surface area contributed by atoms with Gasteiger partial charge in [-0.2, -0.15) is 9.38 Å². The van der Waals surface area contributed by atoms with Crippen molar-refractivity contribution >= 4 is 42.9 Å². The summed E-state index contributed by atoms with van der Waals surface area (Å²) in [5.74, 6) is 0.00910. The Labute approximate surface area is 241 Å². The van der Waals surface area contributed by atoms with Gasteiger partial charge in [0.1, 0.15) is 24.1 Å². The first-order chi connectivity index (χ1) is 19.4. The van der Waals surface area contributed by atoms with Gasteiger partial charge >= 0.3 is 13.8 Å². The number of fused-ring (bicyclic) bond motifs is 1. The second-order valence-corrected chi connectivity index (χ2v) is 12.7. The number of rotatable bonds is 16. The van der Waals surface area contributed by atoms with E-state index in [0.717, 1.165) is 22.2 Å². The Hall–Kier alpha value is -2.27. The zero-order valence-corrected chi connectivity index (χ0v) is 24.6. The Bertz CT molecular complexity index is 1180. The van der Waals surface area contributed by atoms with Crippen LogP contribution in [0.5, 0.6) is 0 Å². The molecule has 2 aliphatic rings. The standard InChI is InChI=1S/C24H36FN6O8PS/c1-24(2,13-32)22(35)41-10-9-38-40(36,28-11-15-7-5-4-6-8-15)39-12-16(37-3)18(33)21(34)31-14-27-17-19(26)29-23(25)30-20(17)31/h4-8,14,16-18,20-21,32-34H,9-13H2,1-3H3,(H,28,36)(H2,26,29,30)/t16-,17?,18?,20?,21+,40?/m1/s1. The lowest BCUT2D eigenvalue weighted by Crippen LogP contribution is -2.55. The van der Waals surface area contributed by atoms with Crippen molar-refractivity contribution in [2.45, 2.75) is 51.0 Å². The number of aliphatic hydroxyl groups excluding tert-OH is 3. The van der Waals surface area contributed by atoms with Gasteiger partial charge in [0.05, 0.1) is 31.6 Å². The number of amidine groups is 2. The number of aliphatic hydroxyl groups is 3. The van der Waals surface area contributed by atoms with E-state index in [1.165, 1.54) is 13.4 Å². The first-order valence-corrected chi connectivity index (χ1v) is 15.2. The Morgan fingerprint density at radius 3 is 2.66 bits per heavy atom. The number of hydrogen-bond donors (Lipinski definition) is 5. The largest absolute Gasteiger partial charge is 0.405 e. The van der Waals surface area contributed by atoms with Crippen molar-refractivity contribution in [1.29, 1.82) is 0 Å². The molecule has 41 heavy (non-hydrogen) atoms. The Morgan fingerprint density at radius 2 is 2.00 bits per heavy atom. The smallest absolute Gasteiger partial charge is 0.395 e. The van der Waals surface area contributed by atoms with Crippen LogP contribution in [0.2, 0.25) is 0 Å². The maximum atomic E-state index is 13.8. The highest BCUT2D eigenvalue weighted by atomic mass is 32.2. The van der Waals surface area contributed by atoms with Crippen molar-refractivity contribution in [2.75, 3.05) is 32.7 Å². The number of carbonyl (C=O) groups is 1. The van der Waals surface area contributed by atoms with Gasteiger partial charge in [0, 0.05) is 19.4 Å². The maximum Gasteiger partial charge on any atom is 0.405 e. The van der Waals surface area contributed by atoms with Gasteiger partial charge in [-0.15, -0.1) is 0 Å². The molecule has 0 saturated heterocycles. The van der Waals surface area contributed by atoms with Gasteiger partial charge in [0.15, 0.2) is 17.5 Å². The van der Waals surface area contributed by atoms with Gasteiger partial charge in [-0.3, -0.25) is 18.8 Å². The Balaban J connectivity index is 1.63. The summed E-state index contributed by atoms with van der Waals surface area (Å²) in [5.41, 5.74) is 5.56. The summed E-state index contributed by atoms with van der Waals surface area (Å²) >= 11 is 0.926. The molecule has 6 atom stereocenters. The highest BCUT2D eigenvalue weighted by molar-refractivity contribution is 8.13. The lowest BCUT2D eigenvalue weighted by Gasteiger charge is -2.35. The van der Waals surface area contributed by atoms with Crippen molar-refractivity contribution in [3.05, 3.63) is 35.9 Å². The molecule has 14 nitrogen and oxygen atoms in total. The monoisotopic (exact) mass is 618 g/mol. The topological polar surface area (TPSA) is 201 Å². The molecule has 0 amide bonds. The number of thioether (sulfide) groups is 1. The van der Waals surface area contributed by atoms with E-state index in [1.54, 1.807) is 38.1 Å². The molecule has 228 valence electrons. The first-order valence-electron chi connectivity index (χ1n) is 12.6. The molecule has 3 rings (SSSR count). The number of halogens is 1. The molecule has 0 saturated carbocycles. The van der Waals surface area contributed by atoms with E-state index >= 15 is 0 Å². The Morgan fingerprint density at radius 1 is 1.29 bits per heavy atom. The van der Waals surface area contributed by atoms with E-state index in [9.17, 15) is 29.1 Å². The summed E-state index contributed by atoms with van der Waals surface area (Å²) < 4.78 is 43.8. The van der Waals surface area contributed by atoms with Crippen molar-refractivity contribution in [3.8, 4) is 0 Å². The molecule has 17 heteroatoms. The van der Waals surface area contributed by atoms with Gasteiger partial charge in [-0.05, 0) is 19.4 Å². The summed E-state index contributed by atoms with van der Waals surface area (Å²) in [6.45, 7) is 2.38. The lowest BCUT2D eigenvalue weighted by atomic mass is 9.97. The van der Waals surface area contributed by atoms with Crippen LogP contribution in [0.1, 0.15) is 19.4 Å². The third kappa shape index (κ3) is 8.86. The fraction of sp³-hybridized carbons (Fsp3) is 0.583. The summed E-state index contributed by atoms with van der Waals surface area (Å²) in [7, 11) is -2.78. The third-order valence-electron chi connectivity index (χ3n) is 6.26. The second kappa shape index (κ2) is 14.8. The normalized spacial score (nSPS) is 22.4. The molecule has 0 aromatic heterocycles. The quantitative estimate of drug-likeness (QED) is 0.0984. The minimum Gasteiger partial charge on any atom is -0.395 e. The Kier molecular flexibility index (Phi) is 12.0. The van der Waals surface area contributed by atoms with Crippen molar-refractivity contribution < 1.29 is 42.9 Å². The molecule has 1 aromatic rings. The van der Waals surface area contributed by atoms with E-state index in [-0.39, 0.29) is 36.5 Å². The van der Waals surface area contributed by atoms with Crippen LogP contribution < -0.4 is 10.8 Å². The van der Waals surface area contributed by atoms with E-state index in [4.69, 9.17) is 19.5 Å². The van der Waals surface area contributed by atoms with Crippen molar-refractivity contribution in [2.24, 2.45) is 26.1 Å². The number of nitrogens with two attached hydrogens (primary N) is 1. The van der Waals surface area contributed by atoms with E-state index in [2.05, 4.69) is 20.1 Å². The molecule has 2 aliphatic heterocycles. The van der Waals surface area contributed by atoms with Gasteiger partial charge < -0.3 is 30.7 Å². The van der Waals surface area contributed by atoms with Gasteiger partial charge in [0.2, 0.25) is 0 Å². The van der Waals surface area contributed by atoms with Crippen molar-refractivity contribution in [1.82, 2.24) is 9.99 Å². The second-order valence-electron chi connectivity index (χ2n) is 9.81. The molecule has 2 heterocycles. The molecule has 0 aliphatic carbocycles. The number of nitrogens with one attached hydrogen (secondary N) is 1. The fourth-order valence-corrected chi connectivity index (χ4v) is 5.91. The average molecular weight is 619 g/mol. The number of benzene rings is 1. The predicted molar refractivity (Wildman–Crippen MR) is 152 cm³/mol. The van der Waals surface area contributed by atoms with Crippen LogP contribution in [0, 0.1) is 5.41 Å². The molecular formula is C24H36FN6O8PS. The van der Waals surface area contributed by atoms with Gasteiger partial charge in [-0.25, -0.2) is 14.6 Å². The molecule has 0 bridgehead atoms. The highest BCUT2D eigenvalue weighted by Gasteiger charge is 2.43. The van der Waals surface area contributed by atoms with Crippen molar-refractivity contribution in [3.63, 3.8) is 0 Å². The molecule has 6 N–H and O–H groups in total. The first kappa shape index (κ1) is 33.2. The minimum absolute atomic E-state index is 0.115. The van der Waals surface area contributed by atoms with Crippen LogP contribution in [0.15, 0.2) is 45.3 Å². The molecule has 0 spiro atoms. The highest BCUT2D eigenvalue weighted by Crippen LogP contribution is 2.44. The number of carbonyl (C=O) groups excluding carboxylic acids is 1. The molecule has 0 radical (unpaired) electrons. The minimum atomic E-state index is -4.03. The summed E-state index contributed by atoms with van der Waals surface area (Å²) in [4.78, 5) is 24.6. The summed E-state index contributed by atoms with van der Waals surface area (Å²) in [6.07, 6.45) is -5.53.